The minimum absolute atomic E-state index is 0.328. The predicted molar refractivity (Wildman–Crippen MR) is 83.3 cm³/mol. The summed E-state index contributed by atoms with van der Waals surface area (Å²) >= 11 is 0. The van der Waals surface area contributed by atoms with Crippen LogP contribution in [0, 0.1) is 6.92 Å². The molecule has 0 saturated carbocycles. The van der Waals surface area contributed by atoms with E-state index in [4.69, 9.17) is 4.74 Å². The molecule has 1 heterocycles. The molecule has 0 N–H and O–H groups in total. The minimum atomic E-state index is -0.421. The first-order chi connectivity index (χ1) is 10.2. The third-order valence-electron chi connectivity index (χ3n) is 3.44. The summed E-state index contributed by atoms with van der Waals surface area (Å²) in [5, 5.41) is 1.03. The number of methoxy groups -OCH3 is 1. The van der Waals surface area contributed by atoms with Gasteiger partial charge in [-0.25, -0.2) is 9.78 Å². The van der Waals surface area contributed by atoms with Gasteiger partial charge >= 0.3 is 5.97 Å². The molecule has 21 heavy (non-hydrogen) atoms. The van der Waals surface area contributed by atoms with Crippen molar-refractivity contribution in [3.05, 3.63) is 65.9 Å². The second-order valence-electron chi connectivity index (χ2n) is 4.93. The molecule has 0 saturated heterocycles. The smallest absolute Gasteiger partial charge is 0.356 e. The van der Waals surface area contributed by atoms with Crippen LogP contribution in [0.2, 0.25) is 0 Å². The first-order valence-electron chi connectivity index (χ1n) is 6.74. The Morgan fingerprint density at radius 3 is 2.52 bits per heavy atom. The molecular formula is C18H15NO2. The van der Waals surface area contributed by atoms with Crippen molar-refractivity contribution in [3.63, 3.8) is 0 Å². The van der Waals surface area contributed by atoms with Crippen LogP contribution in [0.3, 0.4) is 0 Å². The topological polar surface area (TPSA) is 39.2 Å². The van der Waals surface area contributed by atoms with Gasteiger partial charge in [0.1, 0.15) is 5.69 Å². The summed E-state index contributed by atoms with van der Waals surface area (Å²) in [6.07, 6.45) is 0. The zero-order valence-electron chi connectivity index (χ0n) is 12.0. The lowest BCUT2D eigenvalue weighted by molar-refractivity contribution is 0.0594. The van der Waals surface area contributed by atoms with Crippen molar-refractivity contribution in [1.82, 2.24) is 4.98 Å². The highest BCUT2D eigenvalue weighted by Crippen LogP contribution is 2.29. The average Bonchev–Trinajstić information content (AvgIpc) is 2.53. The molecule has 2 aromatic carbocycles. The second kappa shape index (κ2) is 5.37. The molecule has 3 aromatic rings. The summed E-state index contributed by atoms with van der Waals surface area (Å²) in [7, 11) is 1.37. The quantitative estimate of drug-likeness (QED) is 0.665. The van der Waals surface area contributed by atoms with Gasteiger partial charge in [0, 0.05) is 5.39 Å². The molecule has 3 heteroatoms. The molecule has 0 aliphatic heterocycles. The zero-order chi connectivity index (χ0) is 14.8. The minimum Gasteiger partial charge on any atom is -0.464 e. The van der Waals surface area contributed by atoms with Gasteiger partial charge in [-0.3, -0.25) is 0 Å². The number of hydrogen-bond donors (Lipinski definition) is 0. The van der Waals surface area contributed by atoms with E-state index in [-0.39, 0.29) is 0 Å². The Labute approximate surface area is 123 Å². The monoisotopic (exact) mass is 277 g/mol. The van der Waals surface area contributed by atoms with Crippen molar-refractivity contribution in [1.29, 1.82) is 0 Å². The largest absolute Gasteiger partial charge is 0.464 e. The molecule has 0 amide bonds. The molecule has 0 atom stereocenters. The molecule has 0 fully saturated rings. The zero-order valence-corrected chi connectivity index (χ0v) is 12.0. The van der Waals surface area contributed by atoms with Gasteiger partial charge in [-0.15, -0.1) is 0 Å². The van der Waals surface area contributed by atoms with Crippen LogP contribution in [0.25, 0.3) is 22.0 Å². The van der Waals surface area contributed by atoms with E-state index in [1.54, 1.807) is 6.07 Å². The number of esters is 1. The molecular weight excluding hydrogens is 262 g/mol. The van der Waals surface area contributed by atoms with E-state index in [1.807, 2.05) is 55.5 Å². The van der Waals surface area contributed by atoms with Gasteiger partial charge in [0.15, 0.2) is 0 Å². The Kier molecular flexibility index (Phi) is 3.40. The van der Waals surface area contributed by atoms with E-state index in [0.29, 0.717) is 5.69 Å². The fourth-order valence-electron chi connectivity index (χ4n) is 2.40. The number of rotatable bonds is 2. The number of ether oxygens (including phenoxy) is 1. The van der Waals surface area contributed by atoms with Gasteiger partial charge in [-0.05, 0) is 35.7 Å². The van der Waals surface area contributed by atoms with E-state index in [2.05, 4.69) is 4.98 Å². The van der Waals surface area contributed by atoms with Gasteiger partial charge in [0.2, 0.25) is 0 Å². The maximum absolute atomic E-state index is 11.8. The third-order valence-corrected chi connectivity index (χ3v) is 3.44. The van der Waals surface area contributed by atoms with E-state index in [9.17, 15) is 4.79 Å². The molecule has 3 rings (SSSR count). The van der Waals surface area contributed by atoms with Crippen LogP contribution in [0.1, 0.15) is 16.1 Å². The van der Waals surface area contributed by atoms with Crippen molar-refractivity contribution < 1.29 is 9.53 Å². The highest BCUT2D eigenvalue weighted by atomic mass is 16.5. The van der Waals surface area contributed by atoms with Crippen molar-refractivity contribution in [2.45, 2.75) is 6.92 Å². The van der Waals surface area contributed by atoms with E-state index < -0.39 is 5.97 Å². The molecule has 3 nitrogen and oxygen atoms in total. The van der Waals surface area contributed by atoms with E-state index >= 15 is 0 Å². The summed E-state index contributed by atoms with van der Waals surface area (Å²) in [6, 6.07) is 17.8. The third kappa shape index (κ3) is 2.50. The molecule has 0 spiro atoms. The molecule has 104 valence electrons. The van der Waals surface area contributed by atoms with Crippen LogP contribution in [0.15, 0.2) is 54.6 Å². The lowest BCUT2D eigenvalue weighted by Gasteiger charge is -2.09. The number of nitrogens with zero attached hydrogens (tertiary/aromatic N) is 1. The van der Waals surface area contributed by atoms with Gasteiger partial charge in [-0.2, -0.15) is 0 Å². The lowest BCUT2D eigenvalue weighted by Crippen LogP contribution is -2.05. The van der Waals surface area contributed by atoms with Crippen molar-refractivity contribution >= 4 is 16.9 Å². The molecule has 0 aliphatic carbocycles. The van der Waals surface area contributed by atoms with Gasteiger partial charge in [0.25, 0.3) is 0 Å². The van der Waals surface area contributed by atoms with Crippen LogP contribution < -0.4 is 0 Å². The molecule has 1 aromatic heterocycles. The first-order valence-corrected chi connectivity index (χ1v) is 6.74. The van der Waals surface area contributed by atoms with Gasteiger partial charge in [0.05, 0.1) is 12.6 Å². The average molecular weight is 277 g/mol. The van der Waals surface area contributed by atoms with Crippen LogP contribution >= 0.6 is 0 Å². The standard InChI is InChI=1S/C18H15NO2/c1-12-8-9-14-15(13-6-4-3-5-7-13)11-17(18(20)21-2)19-16(14)10-12/h3-11H,1-2H3. The molecule has 0 aliphatic rings. The highest BCUT2D eigenvalue weighted by Gasteiger charge is 2.13. The SMILES string of the molecule is COC(=O)c1cc(-c2ccccc2)c2ccc(C)cc2n1. The Bertz CT molecular complexity index is 810. The van der Waals surface area contributed by atoms with Crippen LogP contribution in [0.5, 0.6) is 0 Å². The van der Waals surface area contributed by atoms with Gasteiger partial charge in [-0.1, -0.05) is 42.5 Å². The summed E-state index contributed by atoms with van der Waals surface area (Å²) < 4.78 is 4.80. The van der Waals surface area contributed by atoms with Gasteiger partial charge < -0.3 is 4.74 Å². The maximum Gasteiger partial charge on any atom is 0.356 e. The number of fused-ring (bicyclic) bond motifs is 1. The molecule has 0 radical (unpaired) electrons. The Hall–Kier alpha value is -2.68. The van der Waals surface area contributed by atoms with Crippen molar-refractivity contribution in [2.75, 3.05) is 7.11 Å². The number of benzene rings is 2. The molecule has 0 unspecified atom stereocenters. The predicted octanol–water partition coefficient (Wildman–Crippen LogP) is 4.00. The Balaban J connectivity index is 2.33. The first kappa shape index (κ1) is 13.3. The Morgan fingerprint density at radius 1 is 1.05 bits per heavy atom. The van der Waals surface area contributed by atoms with E-state index in [0.717, 1.165) is 27.6 Å². The highest BCUT2D eigenvalue weighted by molar-refractivity contribution is 5.99. The van der Waals surface area contributed by atoms with Crippen molar-refractivity contribution in [3.8, 4) is 11.1 Å². The van der Waals surface area contributed by atoms with Crippen molar-refractivity contribution in [2.24, 2.45) is 0 Å². The number of carbonyl (C=O) groups excluding carboxylic acids is 1. The number of hydrogen-bond acceptors (Lipinski definition) is 3. The Morgan fingerprint density at radius 2 is 1.81 bits per heavy atom. The van der Waals surface area contributed by atoms with Crippen LogP contribution in [-0.4, -0.2) is 18.1 Å². The summed E-state index contributed by atoms with van der Waals surface area (Å²) in [6.45, 7) is 2.01. The number of pyridine rings is 1. The van der Waals surface area contributed by atoms with Crippen LogP contribution in [-0.2, 0) is 4.74 Å². The number of aryl methyl sites for hydroxylation is 1. The summed E-state index contributed by atoms with van der Waals surface area (Å²) in [4.78, 5) is 16.3. The fourth-order valence-corrected chi connectivity index (χ4v) is 2.40. The molecule has 0 bridgehead atoms. The number of carbonyl (C=O) groups is 1. The number of aromatic nitrogens is 1. The maximum atomic E-state index is 11.8. The van der Waals surface area contributed by atoms with E-state index in [1.165, 1.54) is 7.11 Å². The second-order valence-corrected chi connectivity index (χ2v) is 4.93. The fraction of sp³-hybridized carbons (Fsp3) is 0.111. The van der Waals surface area contributed by atoms with Crippen LogP contribution in [0.4, 0.5) is 0 Å². The summed E-state index contributed by atoms with van der Waals surface area (Å²) in [5.74, 6) is -0.421. The summed E-state index contributed by atoms with van der Waals surface area (Å²) in [5.41, 5.74) is 4.28. The lowest BCUT2D eigenvalue weighted by atomic mass is 9.99. The normalized spacial score (nSPS) is 10.6.